The normalized spacial score (nSPS) is 17.2. The van der Waals surface area contributed by atoms with Gasteiger partial charge in [-0.15, -0.1) is 0 Å². The average Bonchev–Trinajstić information content (AvgIpc) is 2.45. The van der Waals surface area contributed by atoms with Crippen LogP contribution in [0.15, 0.2) is 30.3 Å². The highest BCUT2D eigenvalue weighted by atomic mass is 32.2. The standard InChI is InChI=1S/C14H23N3O2S/c18-20(19,13-14-5-2-1-3-6-14)16-7-4-10-17-11-8-15-9-12-17/h1-3,5-6,15-16H,4,7-13H2. The number of nitrogens with zero attached hydrogens (tertiary/aromatic N) is 1. The Morgan fingerprint density at radius 2 is 1.85 bits per heavy atom. The molecule has 5 nitrogen and oxygen atoms in total. The Hall–Kier alpha value is -0.950. The maximum atomic E-state index is 11.9. The molecule has 1 heterocycles. The van der Waals surface area contributed by atoms with Crippen molar-refractivity contribution in [1.82, 2.24) is 14.9 Å². The van der Waals surface area contributed by atoms with Gasteiger partial charge in [-0.05, 0) is 18.5 Å². The fourth-order valence-corrected chi connectivity index (χ4v) is 3.50. The van der Waals surface area contributed by atoms with E-state index in [9.17, 15) is 8.42 Å². The van der Waals surface area contributed by atoms with E-state index in [0.717, 1.165) is 44.7 Å². The molecule has 2 rings (SSSR count). The first-order chi connectivity index (χ1) is 9.66. The van der Waals surface area contributed by atoms with Gasteiger partial charge >= 0.3 is 0 Å². The van der Waals surface area contributed by atoms with Crippen molar-refractivity contribution < 1.29 is 8.42 Å². The second-order valence-electron chi connectivity index (χ2n) is 5.08. The smallest absolute Gasteiger partial charge is 0.215 e. The predicted octanol–water partition coefficient (Wildman–Crippen LogP) is 0.401. The van der Waals surface area contributed by atoms with Crippen LogP contribution in [-0.4, -0.2) is 52.6 Å². The number of hydrogen-bond acceptors (Lipinski definition) is 4. The number of nitrogens with one attached hydrogen (secondary N) is 2. The molecule has 0 amide bonds. The lowest BCUT2D eigenvalue weighted by atomic mass is 10.2. The van der Waals surface area contributed by atoms with E-state index in [-0.39, 0.29) is 5.75 Å². The second-order valence-corrected chi connectivity index (χ2v) is 6.89. The van der Waals surface area contributed by atoms with Crippen molar-refractivity contribution in [2.75, 3.05) is 39.3 Å². The van der Waals surface area contributed by atoms with Crippen LogP contribution in [0.25, 0.3) is 0 Å². The molecule has 112 valence electrons. The number of sulfonamides is 1. The van der Waals surface area contributed by atoms with Gasteiger partial charge in [0.15, 0.2) is 0 Å². The van der Waals surface area contributed by atoms with Crippen molar-refractivity contribution in [3.05, 3.63) is 35.9 Å². The summed E-state index contributed by atoms with van der Waals surface area (Å²) in [5, 5.41) is 3.30. The second kappa shape index (κ2) is 7.73. The number of benzene rings is 1. The monoisotopic (exact) mass is 297 g/mol. The van der Waals surface area contributed by atoms with Gasteiger partial charge in [0.1, 0.15) is 0 Å². The van der Waals surface area contributed by atoms with Crippen molar-refractivity contribution >= 4 is 10.0 Å². The van der Waals surface area contributed by atoms with Crippen LogP contribution in [0.3, 0.4) is 0 Å². The minimum absolute atomic E-state index is 0.0570. The van der Waals surface area contributed by atoms with E-state index in [1.165, 1.54) is 0 Å². The van der Waals surface area contributed by atoms with Gasteiger partial charge in [-0.2, -0.15) is 0 Å². The highest BCUT2D eigenvalue weighted by Gasteiger charge is 2.12. The van der Waals surface area contributed by atoms with E-state index < -0.39 is 10.0 Å². The molecule has 1 aromatic carbocycles. The summed E-state index contributed by atoms with van der Waals surface area (Å²) in [6.45, 7) is 5.63. The van der Waals surface area contributed by atoms with Gasteiger partial charge < -0.3 is 10.2 Å². The topological polar surface area (TPSA) is 61.4 Å². The van der Waals surface area contributed by atoms with E-state index in [1.807, 2.05) is 30.3 Å². The van der Waals surface area contributed by atoms with E-state index in [4.69, 9.17) is 0 Å². The predicted molar refractivity (Wildman–Crippen MR) is 81.0 cm³/mol. The third kappa shape index (κ3) is 5.58. The molecule has 1 aromatic rings. The molecule has 0 bridgehead atoms. The molecule has 1 saturated heterocycles. The molecule has 1 aliphatic heterocycles. The van der Waals surface area contributed by atoms with Crippen LogP contribution in [-0.2, 0) is 15.8 Å². The van der Waals surface area contributed by atoms with Crippen molar-refractivity contribution in [1.29, 1.82) is 0 Å². The quantitative estimate of drug-likeness (QED) is 0.715. The van der Waals surface area contributed by atoms with Crippen LogP contribution in [0.1, 0.15) is 12.0 Å². The SMILES string of the molecule is O=S(=O)(Cc1ccccc1)NCCCN1CCNCC1. The van der Waals surface area contributed by atoms with Crippen LogP contribution in [0.5, 0.6) is 0 Å². The van der Waals surface area contributed by atoms with E-state index in [1.54, 1.807) is 0 Å². The molecule has 0 unspecified atom stereocenters. The van der Waals surface area contributed by atoms with Crippen LogP contribution in [0, 0.1) is 0 Å². The Labute approximate surface area is 121 Å². The molecule has 0 aromatic heterocycles. The lowest BCUT2D eigenvalue weighted by Gasteiger charge is -2.27. The lowest BCUT2D eigenvalue weighted by Crippen LogP contribution is -2.44. The average molecular weight is 297 g/mol. The van der Waals surface area contributed by atoms with Crippen molar-refractivity contribution in [2.24, 2.45) is 0 Å². The molecule has 0 saturated carbocycles. The van der Waals surface area contributed by atoms with E-state index in [2.05, 4.69) is 14.9 Å². The third-order valence-corrected chi connectivity index (χ3v) is 4.74. The Morgan fingerprint density at radius 3 is 2.55 bits per heavy atom. The summed E-state index contributed by atoms with van der Waals surface area (Å²) < 4.78 is 26.5. The molecule has 0 aliphatic carbocycles. The first-order valence-electron chi connectivity index (χ1n) is 7.10. The zero-order valence-corrected chi connectivity index (χ0v) is 12.5. The van der Waals surface area contributed by atoms with Gasteiger partial charge in [0.05, 0.1) is 5.75 Å². The summed E-state index contributed by atoms with van der Waals surface area (Å²) in [7, 11) is -3.22. The van der Waals surface area contributed by atoms with Crippen LogP contribution < -0.4 is 10.0 Å². The number of rotatable bonds is 7. The molecule has 20 heavy (non-hydrogen) atoms. The first-order valence-corrected chi connectivity index (χ1v) is 8.75. The summed E-state index contributed by atoms with van der Waals surface area (Å²) in [4.78, 5) is 2.36. The summed E-state index contributed by atoms with van der Waals surface area (Å²) in [6, 6.07) is 9.27. The highest BCUT2D eigenvalue weighted by Crippen LogP contribution is 2.04. The number of piperazine rings is 1. The van der Waals surface area contributed by atoms with E-state index >= 15 is 0 Å². The van der Waals surface area contributed by atoms with Gasteiger partial charge in [-0.25, -0.2) is 13.1 Å². The Kier molecular flexibility index (Phi) is 5.97. The zero-order valence-electron chi connectivity index (χ0n) is 11.7. The third-order valence-electron chi connectivity index (χ3n) is 3.38. The van der Waals surface area contributed by atoms with Gasteiger partial charge in [0.2, 0.25) is 10.0 Å². The van der Waals surface area contributed by atoms with Crippen molar-refractivity contribution in [3.8, 4) is 0 Å². The molecular weight excluding hydrogens is 274 g/mol. The minimum Gasteiger partial charge on any atom is -0.314 e. The first kappa shape index (κ1) is 15.4. The van der Waals surface area contributed by atoms with Crippen molar-refractivity contribution in [2.45, 2.75) is 12.2 Å². The Balaban J connectivity index is 1.67. The molecule has 1 fully saturated rings. The minimum atomic E-state index is -3.22. The Bertz CT molecular complexity index is 484. The fraction of sp³-hybridized carbons (Fsp3) is 0.571. The largest absolute Gasteiger partial charge is 0.314 e. The molecular formula is C14H23N3O2S. The van der Waals surface area contributed by atoms with Crippen LogP contribution >= 0.6 is 0 Å². The summed E-state index contributed by atoms with van der Waals surface area (Å²) in [5.41, 5.74) is 0.821. The molecule has 0 atom stereocenters. The zero-order chi connectivity index (χ0) is 14.3. The molecule has 2 N–H and O–H groups in total. The maximum absolute atomic E-state index is 11.9. The molecule has 0 spiro atoms. The summed E-state index contributed by atoms with van der Waals surface area (Å²) in [5.74, 6) is 0.0570. The summed E-state index contributed by atoms with van der Waals surface area (Å²) >= 11 is 0. The maximum Gasteiger partial charge on any atom is 0.215 e. The summed E-state index contributed by atoms with van der Waals surface area (Å²) in [6.07, 6.45) is 0.855. The molecule has 0 radical (unpaired) electrons. The van der Waals surface area contributed by atoms with Gasteiger partial charge in [-0.1, -0.05) is 30.3 Å². The van der Waals surface area contributed by atoms with Gasteiger partial charge in [-0.3, -0.25) is 0 Å². The van der Waals surface area contributed by atoms with Crippen LogP contribution in [0.4, 0.5) is 0 Å². The number of hydrogen-bond donors (Lipinski definition) is 2. The Morgan fingerprint density at radius 1 is 1.15 bits per heavy atom. The van der Waals surface area contributed by atoms with Gasteiger partial charge in [0, 0.05) is 32.7 Å². The molecule has 6 heteroatoms. The van der Waals surface area contributed by atoms with Crippen molar-refractivity contribution in [3.63, 3.8) is 0 Å². The van der Waals surface area contributed by atoms with Gasteiger partial charge in [0.25, 0.3) is 0 Å². The highest BCUT2D eigenvalue weighted by molar-refractivity contribution is 7.88. The van der Waals surface area contributed by atoms with E-state index in [0.29, 0.717) is 6.54 Å². The lowest BCUT2D eigenvalue weighted by molar-refractivity contribution is 0.239. The molecule has 1 aliphatic rings. The fourth-order valence-electron chi connectivity index (χ4n) is 2.31. The van der Waals surface area contributed by atoms with Crippen LogP contribution in [0.2, 0.25) is 0 Å².